The lowest BCUT2D eigenvalue weighted by molar-refractivity contribution is -0.119. The van der Waals surface area contributed by atoms with Gasteiger partial charge in [-0.25, -0.2) is 0 Å². The summed E-state index contributed by atoms with van der Waals surface area (Å²) in [5.74, 6) is -0.0491. The molecule has 0 fully saturated rings. The van der Waals surface area contributed by atoms with Crippen molar-refractivity contribution in [2.45, 2.75) is 6.42 Å². The second-order valence-corrected chi connectivity index (χ2v) is 5.46. The first-order chi connectivity index (χ1) is 10.1. The molecule has 0 aliphatic carbocycles. The fourth-order valence-electron chi connectivity index (χ4n) is 1.85. The Balaban J connectivity index is 1.69. The minimum atomic E-state index is -0.0491. The number of halogens is 2. The van der Waals surface area contributed by atoms with Gasteiger partial charge in [-0.3, -0.25) is 4.79 Å². The molecule has 21 heavy (non-hydrogen) atoms. The molecule has 0 heterocycles. The van der Waals surface area contributed by atoms with Gasteiger partial charge in [-0.15, -0.1) is 0 Å². The Morgan fingerprint density at radius 2 is 1.76 bits per heavy atom. The molecule has 0 saturated carbocycles. The van der Waals surface area contributed by atoms with Gasteiger partial charge in [0.15, 0.2) is 0 Å². The molecule has 0 atom stereocenters. The van der Waals surface area contributed by atoms with Gasteiger partial charge in [0.25, 0.3) is 0 Å². The number of amides is 1. The second-order valence-electron chi connectivity index (χ2n) is 4.59. The summed E-state index contributed by atoms with van der Waals surface area (Å²) >= 11 is 11.7. The Kier molecular flexibility index (Phi) is 5.90. The van der Waals surface area contributed by atoms with Gasteiger partial charge in [0, 0.05) is 22.3 Å². The van der Waals surface area contributed by atoms with Crippen LogP contribution < -0.4 is 10.6 Å². The Bertz CT molecular complexity index is 599. The Labute approximate surface area is 134 Å². The summed E-state index contributed by atoms with van der Waals surface area (Å²) in [6, 6.07) is 14.9. The van der Waals surface area contributed by atoms with E-state index in [9.17, 15) is 4.79 Å². The lowest BCUT2D eigenvalue weighted by atomic mass is 10.1. The van der Waals surface area contributed by atoms with Crippen LogP contribution in [0.15, 0.2) is 48.5 Å². The van der Waals surface area contributed by atoms with Crippen LogP contribution in [0.1, 0.15) is 5.56 Å². The highest BCUT2D eigenvalue weighted by Crippen LogP contribution is 2.13. The Morgan fingerprint density at radius 1 is 1.00 bits per heavy atom. The maximum absolute atomic E-state index is 11.7. The smallest absolute Gasteiger partial charge is 0.239 e. The minimum Gasteiger partial charge on any atom is -0.376 e. The van der Waals surface area contributed by atoms with Crippen LogP contribution >= 0.6 is 23.2 Å². The number of rotatable bonds is 6. The average Bonchev–Trinajstić information content (AvgIpc) is 2.47. The van der Waals surface area contributed by atoms with Crippen molar-refractivity contribution < 1.29 is 4.79 Å². The predicted octanol–water partition coefficient (Wildman–Crippen LogP) is 3.76. The molecule has 2 N–H and O–H groups in total. The molecular weight excluding hydrogens is 307 g/mol. The largest absolute Gasteiger partial charge is 0.376 e. The summed E-state index contributed by atoms with van der Waals surface area (Å²) in [5, 5.41) is 7.28. The van der Waals surface area contributed by atoms with Crippen molar-refractivity contribution >= 4 is 34.8 Å². The van der Waals surface area contributed by atoms with Crippen molar-refractivity contribution in [1.82, 2.24) is 5.32 Å². The molecule has 1 amide bonds. The normalized spacial score (nSPS) is 10.2. The van der Waals surface area contributed by atoms with Crippen molar-refractivity contribution in [3.05, 3.63) is 64.1 Å². The van der Waals surface area contributed by atoms with E-state index in [1.165, 1.54) is 0 Å². The van der Waals surface area contributed by atoms with Crippen LogP contribution in [0.25, 0.3) is 0 Å². The summed E-state index contributed by atoms with van der Waals surface area (Å²) in [6.07, 6.45) is 0.757. The van der Waals surface area contributed by atoms with Crippen LogP contribution in [0.5, 0.6) is 0 Å². The molecular formula is C16H16Cl2N2O. The topological polar surface area (TPSA) is 41.1 Å². The molecule has 2 aromatic rings. The highest BCUT2D eigenvalue weighted by Gasteiger charge is 2.01. The number of hydrogen-bond acceptors (Lipinski definition) is 2. The molecule has 3 nitrogen and oxygen atoms in total. The summed E-state index contributed by atoms with van der Waals surface area (Å²) in [7, 11) is 0. The zero-order valence-electron chi connectivity index (χ0n) is 11.4. The van der Waals surface area contributed by atoms with Gasteiger partial charge in [0.2, 0.25) is 5.91 Å². The summed E-state index contributed by atoms with van der Waals surface area (Å²) < 4.78 is 0. The maximum Gasteiger partial charge on any atom is 0.239 e. The zero-order chi connectivity index (χ0) is 15.1. The van der Waals surface area contributed by atoms with Gasteiger partial charge in [-0.2, -0.15) is 0 Å². The maximum atomic E-state index is 11.7. The van der Waals surface area contributed by atoms with Gasteiger partial charge in [0.1, 0.15) is 0 Å². The molecule has 0 unspecified atom stereocenters. The quantitative estimate of drug-likeness (QED) is 0.850. The van der Waals surface area contributed by atoms with E-state index in [4.69, 9.17) is 23.2 Å². The van der Waals surface area contributed by atoms with E-state index in [0.29, 0.717) is 16.6 Å². The van der Waals surface area contributed by atoms with Crippen LogP contribution in [-0.4, -0.2) is 19.0 Å². The van der Waals surface area contributed by atoms with Gasteiger partial charge in [-0.05, 0) is 48.4 Å². The van der Waals surface area contributed by atoms with Crippen molar-refractivity contribution in [1.29, 1.82) is 0 Å². The standard InChI is InChI=1S/C16H16Cl2N2O/c17-13-4-6-15(7-5-13)20-11-16(21)19-9-8-12-2-1-3-14(18)10-12/h1-7,10,20H,8-9,11H2,(H,19,21). The molecule has 0 spiro atoms. The zero-order valence-corrected chi connectivity index (χ0v) is 12.9. The van der Waals surface area contributed by atoms with Gasteiger partial charge in [-0.1, -0.05) is 35.3 Å². The third-order valence-corrected chi connectivity index (χ3v) is 3.41. The lowest BCUT2D eigenvalue weighted by Gasteiger charge is -2.08. The second kappa shape index (κ2) is 7.91. The molecule has 0 saturated heterocycles. The van der Waals surface area contributed by atoms with E-state index < -0.39 is 0 Å². The monoisotopic (exact) mass is 322 g/mol. The highest BCUT2D eigenvalue weighted by molar-refractivity contribution is 6.30. The number of hydrogen-bond donors (Lipinski definition) is 2. The summed E-state index contributed by atoms with van der Waals surface area (Å²) in [4.78, 5) is 11.7. The fraction of sp³-hybridized carbons (Fsp3) is 0.188. The van der Waals surface area contributed by atoms with Crippen LogP contribution in [0.3, 0.4) is 0 Å². The fourth-order valence-corrected chi connectivity index (χ4v) is 2.19. The predicted molar refractivity (Wildman–Crippen MR) is 88.1 cm³/mol. The number of carbonyl (C=O) groups is 1. The van der Waals surface area contributed by atoms with Crippen LogP contribution in [0, 0.1) is 0 Å². The summed E-state index contributed by atoms with van der Waals surface area (Å²) in [5.41, 5.74) is 1.97. The Hall–Kier alpha value is -1.71. The first-order valence-electron chi connectivity index (χ1n) is 6.64. The van der Waals surface area contributed by atoms with Crippen molar-refractivity contribution in [2.75, 3.05) is 18.4 Å². The minimum absolute atomic E-state index is 0.0491. The Morgan fingerprint density at radius 3 is 2.48 bits per heavy atom. The van der Waals surface area contributed by atoms with Gasteiger partial charge >= 0.3 is 0 Å². The molecule has 2 aromatic carbocycles. The lowest BCUT2D eigenvalue weighted by Crippen LogP contribution is -2.31. The third kappa shape index (κ3) is 5.66. The highest BCUT2D eigenvalue weighted by atomic mass is 35.5. The van der Waals surface area contributed by atoms with E-state index in [-0.39, 0.29) is 12.5 Å². The molecule has 0 radical (unpaired) electrons. The molecule has 0 aliphatic rings. The first-order valence-corrected chi connectivity index (χ1v) is 7.39. The molecule has 5 heteroatoms. The molecule has 0 aromatic heterocycles. The summed E-state index contributed by atoms with van der Waals surface area (Å²) in [6.45, 7) is 0.818. The average molecular weight is 323 g/mol. The molecule has 0 aliphatic heterocycles. The van der Waals surface area contributed by atoms with E-state index >= 15 is 0 Å². The number of carbonyl (C=O) groups excluding carboxylic acids is 1. The van der Waals surface area contributed by atoms with Crippen molar-refractivity contribution in [3.8, 4) is 0 Å². The molecule has 2 rings (SSSR count). The first kappa shape index (κ1) is 15.7. The molecule has 110 valence electrons. The third-order valence-electron chi connectivity index (χ3n) is 2.92. The number of anilines is 1. The van der Waals surface area contributed by atoms with Gasteiger partial charge < -0.3 is 10.6 Å². The number of benzene rings is 2. The van der Waals surface area contributed by atoms with Gasteiger partial charge in [0.05, 0.1) is 6.54 Å². The molecule has 0 bridgehead atoms. The van der Waals surface area contributed by atoms with Crippen LogP contribution in [-0.2, 0) is 11.2 Å². The van der Waals surface area contributed by atoms with Crippen LogP contribution in [0.2, 0.25) is 10.0 Å². The van der Waals surface area contributed by atoms with Crippen molar-refractivity contribution in [2.24, 2.45) is 0 Å². The van der Waals surface area contributed by atoms with Crippen molar-refractivity contribution in [3.63, 3.8) is 0 Å². The van der Waals surface area contributed by atoms with E-state index in [1.54, 1.807) is 12.1 Å². The number of nitrogens with one attached hydrogen (secondary N) is 2. The SMILES string of the molecule is O=C(CNc1ccc(Cl)cc1)NCCc1cccc(Cl)c1. The van der Waals surface area contributed by atoms with E-state index in [2.05, 4.69) is 10.6 Å². The van der Waals surface area contributed by atoms with Crippen LogP contribution in [0.4, 0.5) is 5.69 Å². The van der Waals surface area contributed by atoms with E-state index in [0.717, 1.165) is 17.7 Å². The van der Waals surface area contributed by atoms with E-state index in [1.807, 2.05) is 36.4 Å².